The zero-order chi connectivity index (χ0) is 22.5. The molecule has 0 fully saturated rings. The molecule has 6 nitrogen and oxygen atoms in total. The molecule has 0 saturated carbocycles. The van der Waals surface area contributed by atoms with Crippen LogP contribution in [0.15, 0.2) is 84.0 Å². The van der Waals surface area contributed by atoms with Gasteiger partial charge >= 0.3 is 5.97 Å². The van der Waals surface area contributed by atoms with E-state index in [-0.39, 0.29) is 17.6 Å². The van der Waals surface area contributed by atoms with Gasteiger partial charge in [-0.1, -0.05) is 54.2 Å². The van der Waals surface area contributed by atoms with Crippen molar-refractivity contribution in [3.05, 3.63) is 90.0 Å². The second-order valence-corrected chi connectivity index (χ2v) is 8.18. The predicted octanol–water partition coefficient (Wildman–Crippen LogP) is 4.63. The van der Waals surface area contributed by atoms with E-state index in [1.54, 1.807) is 24.1 Å². The molecule has 32 heavy (non-hydrogen) atoms. The molecule has 0 bridgehead atoms. The Morgan fingerprint density at radius 3 is 2.38 bits per heavy atom. The number of esters is 1. The first-order valence-electron chi connectivity index (χ1n) is 10.1. The predicted molar refractivity (Wildman–Crippen MR) is 127 cm³/mol. The second kappa shape index (κ2) is 9.70. The quantitative estimate of drug-likeness (QED) is 0.307. The minimum Gasteiger partial charge on any atom is -0.465 e. The lowest BCUT2D eigenvalue weighted by Gasteiger charge is -2.17. The van der Waals surface area contributed by atoms with E-state index in [4.69, 9.17) is 9.72 Å². The van der Waals surface area contributed by atoms with Crippen molar-refractivity contribution in [2.24, 2.45) is 0 Å². The third-order valence-corrected chi connectivity index (χ3v) is 6.14. The number of anilines is 1. The Morgan fingerprint density at radius 2 is 1.66 bits per heavy atom. The Morgan fingerprint density at radius 1 is 0.969 bits per heavy atom. The smallest absolute Gasteiger partial charge is 0.337 e. The van der Waals surface area contributed by atoms with Gasteiger partial charge in [-0.15, -0.1) is 0 Å². The summed E-state index contributed by atoms with van der Waals surface area (Å²) in [6.07, 6.45) is 0. The van der Waals surface area contributed by atoms with Crippen LogP contribution in [-0.4, -0.2) is 41.3 Å². The van der Waals surface area contributed by atoms with Crippen molar-refractivity contribution in [2.75, 3.05) is 24.8 Å². The highest BCUT2D eigenvalue weighted by atomic mass is 32.2. The van der Waals surface area contributed by atoms with Crippen LogP contribution in [0.4, 0.5) is 5.69 Å². The Kier molecular flexibility index (Phi) is 6.56. The van der Waals surface area contributed by atoms with E-state index in [9.17, 15) is 9.59 Å². The second-order valence-electron chi connectivity index (χ2n) is 7.23. The summed E-state index contributed by atoms with van der Waals surface area (Å²) in [7, 11) is 3.15. The average Bonchev–Trinajstić information content (AvgIpc) is 3.19. The Labute approximate surface area is 190 Å². The molecule has 1 amide bonds. The molecule has 0 radical (unpaired) electrons. The van der Waals surface area contributed by atoms with Gasteiger partial charge in [0.05, 0.1) is 36.0 Å². The van der Waals surface area contributed by atoms with E-state index in [1.165, 1.54) is 18.9 Å². The highest BCUT2D eigenvalue weighted by Crippen LogP contribution is 2.26. The number of hydrogen-bond donors (Lipinski definition) is 0. The summed E-state index contributed by atoms with van der Waals surface area (Å²) in [5.41, 5.74) is 4.27. The van der Waals surface area contributed by atoms with Gasteiger partial charge in [-0.05, 0) is 42.0 Å². The molecule has 0 aliphatic carbocycles. The standard InChI is InChI=1S/C25H23N3O3S/c1-27(20-8-4-3-5-9-20)23(29)17-32-25-26-21-10-6-7-11-22(21)28(25)16-18-12-14-19(15-13-18)24(30)31-2/h3-15H,16-17H2,1-2H3. The molecule has 0 saturated heterocycles. The maximum Gasteiger partial charge on any atom is 0.337 e. The summed E-state index contributed by atoms with van der Waals surface area (Å²) in [6.45, 7) is 0.576. The van der Waals surface area contributed by atoms with E-state index in [0.29, 0.717) is 12.1 Å². The number of para-hydroxylation sites is 3. The fraction of sp³-hybridized carbons (Fsp3) is 0.160. The monoisotopic (exact) mass is 445 g/mol. The van der Waals surface area contributed by atoms with Gasteiger partial charge < -0.3 is 14.2 Å². The van der Waals surface area contributed by atoms with Gasteiger partial charge in [0.1, 0.15) is 0 Å². The molecule has 0 unspecified atom stereocenters. The van der Waals surface area contributed by atoms with Crippen molar-refractivity contribution < 1.29 is 14.3 Å². The van der Waals surface area contributed by atoms with Crippen LogP contribution in [-0.2, 0) is 16.1 Å². The van der Waals surface area contributed by atoms with Crippen LogP contribution < -0.4 is 4.90 Å². The first-order chi connectivity index (χ1) is 15.6. The first kappa shape index (κ1) is 21.6. The zero-order valence-electron chi connectivity index (χ0n) is 17.9. The molecule has 0 atom stereocenters. The zero-order valence-corrected chi connectivity index (χ0v) is 18.7. The lowest BCUT2D eigenvalue weighted by Crippen LogP contribution is -2.27. The summed E-state index contributed by atoms with van der Waals surface area (Å²) >= 11 is 1.42. The molecule has 4 aromatic rings. The van der Waals surface area contributed by atoms with Gasteiger partial charge in [-0.25, -0.2) is 9.78 Å². The number of rotatable bonds is 7. The molecule has 1 heterocycles. The van der Waals surface area contributed by atoms with E-state index in [1.807, 2.05) is 66.7 Å². The SMILES string of the molecule is COC(=O)c1ccc(Cn2c(SCC(=O)N(C)c3ccccc3)nc3ccccc32)cc1. The molecule has 0 N–H and O–H groups in total. The number of nitrogens with zero attached hydrogens (tertiary/aromatic N) is 3. The summed E-state index contributed by atoms with van der Waals surface area (Å²) in [5.74, 6) is -0.0835. The molecular formula is C25H23N3O3S. The number of carbonyl (C=O) groups is 2. The van der Waals surface area contributed by atoms with Crippen LogP contribution in [0, 0.1) is 0 Å². The molecule has 162 valence electrons. The van der Waals surface area contributed by atoms with E-state index in [0.717, 1.165) is 27.4 Å². The summed E-state index contributed by atoms with van der Waals surface area (Å²) in [4.78, 5) is 30.9. The van der Waals surface area contributed by atoms with Crippen molar-refractivity contribution >= 4 is 40.4 Å². The van der Waals surface area contributed by atoms with Gasteiger partial charge in [0, 0.05) is 12.7 Å². The third-order valence-electron chi connectivity index (χ3n) is 5.18. The van der Waals surface area contributed by atoms with Crippen LogP contribution in [0.5, 0.6) is 0 Å². The van der Waals surface area contributed by atoms with Crippen molar-refractivity contribution in [2.45, 2.75) is 11.7 Å². The number of hydrogen-bond acceptors (Lipinski definition) is 5. The third kappa shape index (κ3) is 4.68. The highest BCUT2D eigenvalue weighted by Gasteiger charge is 2.16. The van der Waals surface area contributed by atoms with Crippen molar-refractivity contribution in [1.29, 1.82) is 0 Å². The van der Waals surface area contributed by atoms with Crippen LogP contribution in [0.1, 0.15) is 15.9 Å². The molecular weight excluding hydrogens is 422 g/mol. The van der Waals surface area contributed by atoms with E-state index >= 15 is 0 Å². The summed E-state index contributed by atoms with van der Waals surface area (Å²) in [6, 6.07) is 24.8. The minimum absolute atomic E-state index is 0.00207. The van der Waals surface area contributed by atoms with Gasteiger partial charge in [0.15, 0.2) is 5.16 Å². The topological polar surface area (TPSA) is 64.4 Å². The molecule has 3 aromatic carbocycles. The van der Waals surface area contributed by atoms with Gasteiger partial charge in [0.25, 0.3) is 0 Å². The Balaban J connectivity index is 1.55. The van der Waals surface area contributed by atoms with Gasteiger partial charge in [0.2, 0.25) is 5.91 Å². The fourth-order valence-corrected chi connectivity index (χ4v) is 4.31. The largest absolute Gasteiger partial charge is 0.465 e. The number of ether oxygens (including phenoxy) is 1. The van der Waals surface area contributed by atoms with E-state index in [2.05, 4.69) is 4.57 Å². The maximum absolute atomic E-state index is 12.8. The lowest BCUT2D eigenvalue weighted by atomic mass is 10.1. The molecule has 0 aliphatic rings. The normalized spacial score (nSPS) is 10.8. The summed E-state index contributed by atoms with van der Waals surface area (Å²) < 4.78 is 6.87. The Hall–Kier alpha value is -3.58. The number of benzene rings is 3. The summed E-state index contributed by atoms with van der Waals surface area (Å²) in [5, 5.41) is 0.776. The van der Waals surface area contributed by atoms with Crippen molar-refractivity contribution in [3.63, 3.8) is 0 Å². The average molecular weight is 446 g/mol. The molecule has 7 heteroatoms. The lowest BCUT2D eigenvalue weighted by molar-refractivity contribution is -0.115. The van der Waals surface area contributed by atoms with Crippen LogP contribution in [0.3, 0.4) is 0 Å². The number of fused-ring (bicyclic) bond motifs is 1. The van der Waals surface area contributed by atoms with Gasteiger partial charge in [-0.2, -0.15) is 0 Å². The Bertz CT molecular complexity index is 1240. The molecule has 4 rings (SSSR count). The van der Waals surface area contributed by atoms with Crippen LogP contribution >= 0.6 is 11.8 Å². The number of methoxy groups -OCH3 is 1. The molecule has 1 aromatic heterocycles. The van der Waals surface area contributed by atoms with Crippen LogP contribution in [0.2, 0.25) is 0 Å². The number of thioether (sulfide) groups is 1. The van der Waals surface area contributed by atoms with Crippen LogP contribution in [0.25, 0.3) is 11.0 Å². The van der Waals surface area contributed by atoms with Crippen molar-refractivity contribution in [3.8, 4) is 0 Å². The number of carbonyl (C=O) groups excluding carboxylic acids is 2. The molecule has 0 spiro atoms. The number of imidazole rings is 1. The first-order valence-corrected chi connectivity index (χ1v) is 11.1. The van der Waals surface area contributed by atoms with Crippen molar-refractivity contribution in [1.82, 2.24) is 9.55 Å². The number of aromatic nitrogens is 2. The fourth-order valence-electron chi connectivity index (χ4n) is 3.38. The highest BCUT2D eigenvalue weighted by molar-refractivity contribution is 7.99. The number of amides is 1. The minimum atomic E-state index is -0.359. The maximum atomic E-state index is 12.8. The van der Waals surface area contributed by atoms with E-state index < -0.39 is 0 Å². The molecule has 0 aliphatic heterocycles. The van der Waals surface area contributed by atoms with Gasteiger partial charge in [-0.3, -0.25) is 4.79 Å².